The highest BCUT2D eigenvalue weighted by molar-refractivity contribution is 7.13. The van der Waals surface area contributed by atoms with Gasteiger partial charge in [-0.1, -0.05) is 43.5 Å². The molecule has 1 nitrogen and oxygen atoms in total. The average Bonchev–Trinajstić information content (AvgIpc) is 2.97. The molecule has 0 saturated heterocycles. The van der Waals surface area contributed by atoms with E-state index in [2.05, 4.69) is 41.0 Å². The van der Waals surface area contributed by atoms with Crippen LogP contribution in [0, 0.1) is 0 Å². The number of nitrogens with one attached hydrogen (secondary N) is 1. The fraction of sp³-hybridized carbons (Fsp3) is 0.444. The van der Waals surface area contributed by atoms with Crippen LogP contribution in [0.5, 0.6) is 0 Å². The van der Waals surface area contributed by atoms with Crippen molar-refractivity contribution < 1.29 is 0 Å². The van der Waals surface area contributed by atoms with Crippen molar-refractivity contribution in [3.8, 4) is 10.4 Å². The van der Waals surface area contributed by atoms with E-state index >= 15 is 0 Å². The first-order chi connectivity index (χ1) is 9.86. The molecule has 1 heterocycles. The highest BCUT2D eigenvalue weighted by Gasteiger charge is 2.15. The summed E-state index contributed by atoms with van der Waals surface area (Å²) in [6.07, 6.45) is 7.00. The van der Waals surface area contributed by atoms with Crippen LogP contribution in [0.25, 0.3) is 10.4 Å². The van der Waals surface area contributed by atoms with Crippen LogP contribution >= 0.6 is 11.3 Å². The Morgan fingerprint density at radius 3 is 2.55 bits per heavy atom. The van der Waals surface area contributed by atoms with E-state index in [9.17, 15) is 0 Å². The number of hydrogen-bond donors (Lipinski definition) is 1. The molecule has 1 aromatic carbocycles. The SMILES string of the molecule is CNCc1csc(-c2ccc(C3CCCCC3)cc2)c1. The predicted molar refractivity (Wildman–Crippen MR) is 88.3 cm³/mol. The molecule has 2 aromatic rings. The minimum Gasteiger partial charge on any atom is -0.316 e. The lowest BCUT2D eigenvalue weighted by atomic mass is 9.84. The van der Waals surface area contributed by atoms with Gasteiger partial charge < -0.3 is 5.32 Å². The van der Waals surface area contributed by atoms with Crippen LogP contribution < -0.4 is 5.32 Å². The van der Waals surface area contributed by atoms with Gasteiger partial charge in [-0.15, -0.1) is 11.3 Å². The summed E-state index contributed by atoms with van der Waals surface area (Å²) in [6.45, 7) is 0.955. The van der Waals surface area contributed by atoms with Crippen molar-refractivity contribution in [1.29, 1.82) is 0 Å². The summed E-state index contributed by atoms with van der Waals surface area (Å²) in [4.78, 5) is 1.38. The van der Waals surface area contributed by atoms with Crippen LogP contribution in [0.3, 0.4) is 0 Å². The van der Waals surface area contributed by atoms with E-state index in [-0.39, 0.29) is 0 Å². The molecule has 106 valence electrons. The number of benzene rings is 1. The van der Waals surface area contributed by atoms with Crippen LogP contribution in [0.1, 0.15) is 49.1 Å². The molecule has 0 bridgehead atoms. The predicted octanol–water partition coefficient (Wildman–Crippen LogP) is 5.18. The molecule has 0 radical (unpaired) electrons. The molecule has 0 atom stereocenters. The Balaban J connectivity index is 1.74. The molecular weight excluding hydrogens is 262 g/mol. The van der Waals surface area contributed by atoms with Crippen molar-refractivity contribution in [3.05, 3.63) is 46.8 Å². The van der Waals surface area contributed by atoms with Gasteiger partial charge in [0.2, 0.25) is 0 Å². The zero-order valence-electron chi connectivity index (χ0n) is 12.2. The molecule has 2 heteroatoms. The summed E-state index contributed by atoms with van der Waals surface area (Å²) in [7, 11) is 2.00. The maximum Gasteiger partial charge on any atom is 0.0346 e. The zero-order valence-corrected chi connectivity index (χ0v) is 13.0. The topological polar surface area (TPSA) is 12.0 Å². The highest BCUT2D eigenvalue weighted by atomic mass is 32.1. The molecule has 1 N–H and O–H groups in total. The van der Waals surface area contributed by atoms with E-state index in [1.807, 2.05) is 18.4 Å². The van der Waals surface area contributed by atoms with Crippen LogP contribution in [0.4, 0.5) is 0 Å². The van der Waals surface area contributed by atoms with E-state index in [1.165, 1.54) is 48.1 Å². The molecule has 20 heavy (non-hydrogen) atoms. The molecule has 0 spiro atoms. The molecule has 1 aliphatic rings. The molecular formula is C18H23NS. The quantitative estimate of drug-likeness (QED) is 0.816. The highest BCUT2D eigenvalue weighted by Crippen LogP contribution is 2.34. The first-order valence-electron chi connectivity index (χ1n) is 7.69. The molecule has 3 rings (SSSR count). The Kier molecular flexibility index (Phi) is 4.54. The molecule has 1 aliphatic carbocycles. The van der Waals surface area contributed by atoms with Gasteiger partial charge in [-0.05, 0) is 53.9 Å². The van der Waals surface area contributed by atoms with E-state index in [0.717, 1.165) is 12.5 Å². The van der Waals surface area contributed by atoms with E-state index in [4.69, 9.17) is 0 Å². The second kappa shape index (κ2) is 6.55. The molecule has 1 fully saturated rings. The third-order valence-corrected chi connectivity index (χ3v) is 5.33. The van der Waals surface area contributed by atoms with Gasteiger partial charge in [0.25, 0.3) is 0 Å². The van der Waals surface area contributed by atoms with E-state index in [1.54, 1.807) is 5.56 Å². The van der Waals surface area contributed by atoms with Gasteiger partial charge in [0.05, 0.1) is 0 Å². The minimum absolute atomic E-state index is 0.806. The third-order valence-electron chi connectivity index (χ3n) is 4.31. The molecule has 0 unspecified atom stereocenters. The summed E-state index contributed by atoms with van der Waals surface area (Å²) in [5.74, 6) is 0.806. The van der Waals surface area contributed by atoms with Gasteiger partial charge in [0.1, 0.15) is 0 Å². The van der Waals surface area contributed by atoms with Crippen LogP contribution in [0.15, 0.2) is 35.7 Å². The Hall–Kier alpha value is -1.12. The lowest BCUT2D eigenvalue weighted by Crippen LogP contribution is -2.04. The summed E-state index contributed by atoms with van der Waals surface area (Å²) in [5, 5.41) is 5.46. The van der Waals surface area contributed by atoms with Gasteiger partial charge in [0, 0.05) is 11.4 Å². The largest absolute Gasteiger partial charge is 0.316 e. The molecule has 0 amide bonds. The van der Waals surface area contributed by atoms with Crippen molar-refractivity contribution in [2.45, 2.75) is 44.6 Å². The number of rotatable bonds is 4. The van der Waals surface area contributed by atoms with Gasteiger partial charge >= 0.3 is 0 Å². The number of hydrogen-bond acceptors (Lipinski definition) is 2. The van der Waals surface area contributed by atoms with Crippen LogP contribution in [-0.2, 0) is 6.54 Å². The number of thiophene rings is 1. The Morgan fingerprint density at radius 1 is 1.10 bits per heavy atom. The summed E-state index contributed by atoms with van der Waals surface area (Å²) >= 11 is 1.84. The zero-order chi connectivity index (χ0) is 13.8. The van der Waals surface area contributed by atoms with Crippen LogP contribution in [-0.4, -0.2) is 7.05 Å². The molecule has 1 saturated carbocycles. The molecule has 0 aliphatic heterocycles. The first-order valence-corrected chi connectivity index (χ1v) is 8.57. The normalized spacial score (nSPS) is 16.4. The van der Waals surface area contributed by atoms with E-state index < -0.39 is 0 Å². The van der Waals surface area contributed by atoms with Gasteiger partial charge in [-0.3, -0.25) is 0 Å². The first kappa shape index (κ1) is 13.8. The van der Waals surface area contributed by atoms with Gasteiger partial charge in [0.15, 0.2) is 0 Å². The van der Waals surface area contributed by atoms with Crippen molar-refractivity contribution in [2.24, 2.45) is 0 Å². The second-order valence-corrected chi connectivity index (χ2v) is 6.72. The molecule has 1 aromatic heterocycles. The Morgan fingerprint density at radius 2 is 1.85 bits per heavy atom. The maximum absolute atomic E-state index is 3.21. The average molecular weight is 285 g/mol. The standard InChI is InChI=1S/C18H23NS/c1-19-12-14-11-18(20-13-14)17-9-7-16(8-10-17)15-5-3-2-4-6-15/h7-11,13,15,19H,2-6,12H2,1H3. The third kappa shape index (κ3) is 3.13. The smallest absolute Gasteiger partial charge is 0.0346 e. The fourth-order valence-electron chi connectivity index (χ4n) is 3.18. The lowest BCUT2D eigenvalue weighted by Gasteiger charge is -2.22. The van der Waals surface area contributed by atoms with Crippen molar-refractivity contribution in [1.82, 2.24) is 5.32 Å². The van der Waals surface area contributed by atoms with Crippen molar-refractivity contribution in [3.63, 3.8) is 0 Å². The van der Waals surface area contributed by atoms with E-state index in [0.29, 0.717) is 0 Å². The summed E-state index contributed by atoms with van der Waals surface area (Å²) < 4.78 is 0. The second-order valence-electron chi connectivity index (χ2n) is 5.81. The van der Waals surface area contributed by atoms with Crippen molar-refractivity contribution >= 4 is 11.3 Å². The fourth-order valence-corrected chi connectivity index (χ4v) is 4.10. The maximum atomic E-state index is 3.21. The Bertz CT molecular complexity index is 535. The van der Waals surface area contributed by atoms with Gasteiger partial charge in [-0.25, -0.2) is 0 Å². The monoisotopic (exact) mass is 285 g/mol. The van der Waals surface area contributed by atoms with Gasteiger partial charge in [-0.2, -0.15) is 0 Å². The summed E-state index contributed by atoms with van der Waals surface area (Å²) in [5.41, 5.74) is 4.28. The van der Waals surface area contributed by atoms with Crippen molar-refractivity contribution in [2.75, 3.05) is 7.05 Å². The minimum atomic E-state index is 0.806. The Labute approximate surface area is 126 Å². The summed E-state index contributed by atoms with van der Waals surface area (Å²) in [6, 6.07) is 11.6. The van der Waals surface area contributed by atoms with Crippen LogP contribution in [0.2, 0.25) is 0 Å². The lowest BCUT2D eigenvalue weighted by molar-refractivity contribution is 0.443.